The van der Waals surface area contributed by atoms with Gasteiger partial charge in [0.15, 0.2) is 4.34 Å². The first kappa shape index (κ1) is 17.2. The first-order valence-corrected chi connectivity index (χ1v) is 8.79. The molecule has 0 unspecified atom stereocenters. The highest BCUT2D eigenvalue weighted by Crippen LogP contribution is 2.32. The van der Waals surface area contributed by atoms with Gasteiger partial charge in [0.25, 0.3) is 0 Å². The van der Waals surface area contributed by atoms with Crippen molar-refractivity contribution in [2.24, 2.45) is 5.41 Å². The van der Waals surface area contributed by atoms with E-state index >= 15 is 0 Å². The highest BCUT2D eigenvalue weighted by molar-refractivity contribution is 8.01. The van der Waals surface area contributed by atoms with E-state index in [2.05, 4.69) is 4.98 Å². The molecule has 0 amide bonds. The molecule has 4 nitrogen and oxygen atoms in total. The molecule has 0 saturated heterocycles. The van der Waals surface area contributed by atoms with E-state index in [0.29, 0.717) is 5.02 Å². The third-order valence-corrected chi connectivity index (χ3v) is 5.54. The van der Waals surface area contributed by atoms with Crippen molar-refractivity contribution in [2.45, 2.75) is 24.6 Å². The van der Waals surface area contributed by atoms with Crippen molar-refractivity contribution >= 4 is 56.7 Å². The molecular weight excluding hydrogens is 342 g/mol. The average Bonchev–Trinajstić information content (AvgIpc) is 2.85. The third-order valence-electron chi connectivity index (χ3n) is 3.06. The van der Waals surface area contributed by atoms with E-state index in [1.807, 2.05) is 12.1 Å². The van der Waals surface area contributed by atoms with Crippen LogP contribution >= 0.6 is 34.7 Å². The maximum Gasteiger partial charge on any atom is 0.311 e. The van der Waals surface area contributed by atoms with Gasteiger partial charge in [0, 0.05) is 11.4 Å². The topological polar surface area (TPSA) is 56.3 Å². The maximum atomic E-state index is 12.0. The number of halogens is 1. The Morgan fingerprint density at radius 3 is 2.82 bits per heavy atom. The van der Waals surface area contributed by atoms with Crippen LogP contribution in [0.5, 0.6) is 0 Å². The zero-order chi connectivity index (χ0) is 16.3. The highest BCUT2D eigenvalue weighted by Gasteiger charge is 2.31. The molecule has 2 rings (SSSR count). The second-order valence-corrected chi connectivity index (χ2v) is 8.16. The highest BCUT2D eigenvalue weighted by atomic mass is 35.5. The predicted octanol–water partition coefficient (Wildman–Crippen LogP) is 4.20. The summed E-state index contributed by atoms with van der Waals surface area (Å²) in [4.78, 5) is 28.1. The van der Waals surface area contributed by atoms with Gasteiger partial charge < -0.3 is 4.74 Å². The van der Waals surface area contributed by atoms with E-state index in [9.17, 15) is 9.59 Å². The number of Topliss-reactive ketones (excluding diaryl/α,β-unsaturated/α-hetero) is 1. The summed E-state index contributed by atoms with van der Waals surface area (Å²) in [5, 5.41) is 0.644. The molecule has 1 aromatic carbocycles. The lowest BCUT2D eigenvalue weighted by molar-refractivity contribution is -0.152. The first-order valence-electron chi connectivity index (χ1n) is 6.61. The monoisotopic (exact) mass is 357 g/mol. The van der Waals surface area contributed by atoms with Gasteiger partial charge >= 0.3 is 5.97 Å². The van der Waals surface area contributed by atoms with Crippen molar-refractivity contribution in [2.75, 3.05) is 12.9 Å². The van der Waals surface area contributed by atoms with E-state index < -0.39 is 5.41 Å². The number of nitrogens with zero attached hydrogens (tertiary/aromatic N) is 1. The van der Waals surface area contributed by atoms with E-state index in [1.54, 1.807) is 19.9 Å². The number of carbonyl (C=O) groups excluding carboxylic acids is 2. The Labute approximate surface area is 142 Å². The van der Waals surface area contributed by atoms with Crippen LogP contribution < -0.4 is 0 Å². The number of carbonyl (C=O) groups is 2. The molecule has 0 fully saturated rings. The number of fused-ring (bicyclic) bond motifs is 1. The molecule has 0 N–H and O–H groups in total. The SMILES string of the molecule is COC(=O)C(C)(C)CC(=O)CSc1nc2cc(Cl)ccc2s1. The molecule has 1 aromatic heterocycles. The van der Waals surface area contributed by atoms with Crippen molar-refractivity contribution in [3.63, 3.8) is 0 Å². The second-order valence-electron chi connectivity index (χ2n) is 5.47. The third kappa shape index (κ3) is 4.21. The van der Waals surface area contributed by atoms with Crippen LogP contribution in [-0.4, -0.2) is 29.6 Å². The number of benzene rings is 1. The Kier molecular flexibility index (Phi) is 5.47. The lowest BCUT2D eigenvalue weighted by atomic mass is 9.88. The number of ketones is 1. The molecule has 0 bridgehead atoms. The van der Waals surface area contributed by atoms with Gasteiger partial charge in [0.05, 0.1) is 28.5 Å². The molecule has 0 atom stereocenters. The molecule has 118 valence electrons. The van der Waals surface area contributed by atoms with E-state index in [0.717, 1.165) is 14.6 Å². The van der Waals surface area contributed by atoms with Gasteiger partial charge in [0.2, 0.25) is 0 Å². The number of thiazole rings is 1. The Bertz CT molecular complexity index is 712. The normalized spacial score (nSPS) is 11.6. The minimum atomic E-state index is -0.798. The summed E-state index contributed by atoms with van der Waals surface area (Å²) >= 11 is 8.84. The van der Waals surface area contributed by atoms with Gasteiger partial charge in [-0.1, -0.05) is 23.4 Å². The molecular formula is C15H16ClNO3S2. The standard InChI is InChI=1S/C15H16ClNO3S2/c1-15(2,13(19)20-3)7-10(18)8-21-14-17-11-6-9(16)4-5-12(11)22-14/h4-6H,7-8H2,1-3H3. The van der Waals surface area contributed by atoms with Crippen molar-refractivity contribution in [1.82, 2.24) is 4.98 Å². The molecule has 7 heteroatoms. The van der Waals surface area contributed by atoms with Crippen molar-refractivity contribution < 1.29 is 14.3 Å². The Morgan fingerprint density at radius 1 is 1.41 bits per heavy atom. The summed E-state index contributed by atoms with van der Waals surface area (Å²) in [6.45, 7) is 3.42. The van der Waals surface area contributed by atoms with Gasteiger partial charge in [0.1, 0.15) is 5.78 Å². The summed E-state index contributed by atoms with van der Waals surface area (Å²) < 4.78 is 6.57. The van der Waals surface area contributed by atoms with Gasteiger partial charge in [-0.25, -0.2) is 4.98 Å². The van der Waals surface area contributed by atoms with Crippen LogP contribution in [-0.2, 0) is 14.3 Å². The van der Waals surface area contributed by atoms with Gasteiger partial charge in [-0.05, 0) is 32.0 Å². The fraction of sp³-hybridized carbons (Fsp3) is 0.400. The minimum Gasteiger partial charge on any atom is -0.469 e. The van der Waals surface area contributed by atoms with E-state index in [4.69, 9.17) is 16.3 Å². The van der Waals surface area contributed by atoms with Crippen LogP contribution in [0, 0.1) is 5.41 Å². The number of hydrogen-bond donors (Lipinski definition) is 0. The summed E-state index contributed by atoms with van der Waals surface area (Å²) in [5.74, 6) is -0.0910. The van der Waals surface area contributed by atoms with E-state index in [-0.39, 0.29) is 23.9 Å². The Hall–Kier alpha value is -1.11. The molecule has 0 radical (unpaired) electrons. The van der Waals surface area contributed by atoms with Gasteiger partial charge in [-0.15, -0.1) is 11.3 Å². The molecule has 0 aliphatic carbocycles. The number of hydrogen-bond acceptors (Lipinski definition) is 6. The van der Waals surface area contributed by atoms with Crippen LogP contribution in [0.3, 0.4) is 0 Å². The van der Waals surface area contributed by atoms with Crippen LogP contribution in [0.15, 0.2) is 22.5 Å². The zero-order valence-electron chi connectivity index (χ0n) is 12.5. The molecule has 0 aliphatic rings. The van der Waals surface area contributed by atoms with Crippen LogP contribution in [0.25, 0.3) is 10.2 Å². The molecule has 1 heterocycles. The molecule has 0 saturated carbocycles. The number of esters is 1. The molecule has 0 aliphatic heterocycles. The summed E-state index contributed by atoms with van der Waals surface area (Å²) in [6, 6.07) is 5.54. The van der Waals surface area contributed by atoms with Crippen LogP contribution in [0.1, 0.15) is 20.3 Å². The Balaban J connectivity index is 1.96. The average molecular weight is 358 g/mol. The fourth-order valence-corrected chi connectivity index (χ4v) is 4.05. The Morgan fingerprint density at radius 2 is 2.14 bits per heavy atom. The predicted molar refractivity (Wildman–Crippen MR) is 90.8 cm³/mol. The molecule has 2 aromatic rings. The summed E-state index contributed by atoms with van der Waals surface area (Å²) in [6.07, 6.45) is 0.156. The summed E-state index contributed by atoms with van der Waals surface area (Å²) in [5.41, 5.74) is 0.0374. The van der Waals surface area contributed by atoms with Crippen molar-refractivity contribution in [3.8, 4) is 0 Å². The summed E-state index contributed by atoms with van der Waals surface area (Å²) in [7, 11) is 1.33. The van der Waals surface area contributed by atoms with Crippen LogP contribution in [0.2, 0.25) is 5.02 Å². The number of methoxy groups -OCH3 is 1. The second kappa shape index (κ2) is 6.98. The van der Waals surface area contributed by atoms with Gasteiger partial charge in [-0.3, -0.25) is 9.59 Å². The molecule has 22 heavy (non-hydrogen) atoms. The number of rotatable bonds is 6. The smallest absolute Gasteiger partial charge is 0.311 e. The molecule has 0 spiro atoms. The zero-order valence-corrected chi connectivity index (χ0v) is 14.9. The van der Waals surface area contributed by atoms with Crippen molar-refractivity contribution in [3.05, 3.63) is 23.2 Å². The van der Waals surface area contributed by atoms with Gasteiger partial charge in [-0.2, -0.15) is 0 Å². The minimum absolute atomic E-state index is 0.00214. The quantitative estimate of drug-likeness (QED) is 0.572. The largest absolute Gasteiger partial charge is 0.469 e. The maximum absolute atomic E-state index is 12.0. The van der Waals surface area contributed by atoms with E-state index in [1.165, 1.54) is 30.2 Å². The lowest BCUT2D eigenvalue weighted by Gasteiger charge is -2.19. The number of ether oxygens (including phenoxy) is 1. The van der Waals surface area contributed by atoms with Crippen LogP contribution in [0.4, 0.5) is 0 Å². The van der Waals surface area contributed by atoms with Crippen molar-refractivity contribution in [1.29, 1.82) is 0 Å². The first-order chi connectivity index (χ1) is 10.3. The number of thioether (sulfide) groups is 1. The fourth-order valence-electron chi connectivity index (χ4n) is 1.98. The lowest BCUT2D eigenvalue weighted by Crippen LogP contribution is -2.29. The number of aromatic nitrogens is 1.